The van der Waals surface area contributed by atoms with Crippen molar-refractivity contribution in [3.8, 4) is 0 Å². The van der Waals surface area contributed by atoms with E-state index in [4.69, 9.17) is 0 Å². The highest BCUT2D eigenvalue weighted by Gasteiger charge is 2.15. The highest BCUT2D eigenvalue weighted by molar-refractivity contribution is 9.10. The summed E-state index contributed by atoms with van der Waals surface area (Å²) in [6, 6.07) is 10.1. The van der Waals surface area contributed by atoms with E-state index in [2.05, 4.69) is 36.1 Å². The summed E-state index contributed by atoms with van der Waals surface area (Å²) >= 11 is 3.54. The van der Waals surface area contributed by atoms with E-state index in [0.29, 0.717) is 0 Å². The van der Waals surface area contributed by atoms with Gasteiger partial charge in [0, 0.05) is 23.6 Å². The zero-order chi connectivity index (χ0) is 13.9. The third-order valence-electron chi connectivity index (χ3n) is 3.39. The fourth-order valence-electron chi connectivity index (χ4n) is 2.42. The highest BCUT2D eigenvalue weighted by Crippen LogP contribution is 2.26. The van der Waals surface area contributed by atoms with E-state index in [1.807, 2.05) is 37.3 Å². The topological polar surface area (TPSA) is 41.1 Å². The third-order valence-corrected chi connectivity index (χ3v) is 4.08. The monoisotopic (exact) mass is 332 g/mol. The van der Waals surface area contributed by atoms with Crippen molar-refractivity contribution in [1.82, 2.24) is 9.97 Å². The molecular formula is C15H17BrN4. The van der Waals surface area contributed by atoms with Crippen molar-refractivity contribution in [3.63, 3.8) is 0 Å². The Morgan fingerprint density at radius 1 is 1.15 bits per heavy atom. The second kappa shape index (κ2) is 5.79. The maximum absolute atomic E-state index is 4.54. The van der Waals surface area contributed by atoms with Crippen molar-refractivity contribution < 1.29 is 0 Å². The molecule has 104 valence electrons. The van der Waals surface area contributed by atoms with Gasteiger partial charge in [-0.25, -0.2) is 9.97 Å². The van der Waals surface area contributed by atoms with Crippen LogP contribution in [0.3, 0.4) is 0 Å². The molecule has 1 saturated heterocycles. The third kappa shape index (κ3) is 2.93. The van der Waals surface area contributed by atoms with Gasteiger partial charge in [-0.15, -0.1) is 0 Å². The summed E-state index contributed by atoms with van der Waals surface area (Å²) in [5.74, 6) is 2.65. The van der Waals surface area contributed by atoms with Gasteiger partial charge in [-0.2, -0.15) is 0 Å². The molecule has 20 heavy (non-hydrogen) atoms. The molecule has 0 saturated carbocycles. The Kier molecular flexibility index (Phi) is 3.87. The summed E-state index contributed by atoms with van der Waals surface area (Å²) in [7, 11) is 0. The summed E-state index contributed by atoms with van der Waals surface area (Å²) in [5.41, 5.74) is 1.01. The number of halogens is 1. The van der Waals surface area contributed by atoms with Crippen molar-refractivity contribution in [2.24, 2.45) is 0 Å². The highest BCUT2D eigenvalue weighted by atomic mass is 79.9. The minimum absolute atomic E-state index is 0.795. The first-order valence-electron chi connectivity index (χ1n) is 6.84. The normalized spacial score (nSPS) is 14.6. The lowest BCUT2D eigenvalue weighted by atomic mass is 10.3. The van der Waals surface area contributed by atoms with Crippen LogP contribution in [0.1, 0.15) is 18.7 Å². The average molecular weight is 333 g/mol. The summed E-state index contributed by atoms with van der Waals surface area (Å²) < 4.78 is 1.03. The van der Waals surface area contributed by atoms with Gasteiger partial charge in [-0.3, -0.25) is 0 Å². The standard InChI is InChI=1S/C15H17BrN4/c1-11-17-14(19-13-7-3-2-6-12(13)16)10-15(18-11)20-8-4-5-9-20/h2-3,6-7,10H,4-5,8-9H2,1H3,(H,17,18,19). The van der Waals surface area contributed by atoms with Gasteiger partial charge in [0.1, 0.15) is 17.5 Å². The van der Waals surface area contributed by atoms with E-state index < -0.39 is 0 Å². The van der Waals surface area contributed by atoms with Gasteiger partial charge in [-0.1, -0.05) is 12.1 Å². The van der Waals surface area contributed by atoms with Crippen LogP contribution in [-0.2, 0) is 0 Å². The minimum atomic E-state index is 0.795. The summed E-state index contributed by atoms with van der Waals surface area (Å²) in [6.45, 7) is 4.11. The van der Waals surface area contributed by atoms with Crippen LogP contribution >= 0.6 is 15.9 Å². The molecule has 1 aliphatic rings. The van der Waals surface area contributed by atoms with Crippen LogP contribution in [0.5, 0.6) is 0 Å². The van der Waals surface area contributed by atoms with Gasteiger partial charge >= 0.3 is 0 Å². The molecule has 2 heterocycles. The van der Waals surface area contributed by atoms with E-state index in [-0.39, 0.29) is 0 Å². The van der Waals surface area contributed by atoms with Crippen LogP contribution in [0, 0.1) is 6.92 Å². The number of rotatable bonds is 3. The number of para-hydroxylation sites is 1. The van der Waals surface area contributed by atoms with Crippen molar-refractivity contribution in [1.29, 1.82) is 0 Å². The second-order valence-corrected chi connectivity index (χ2v) is 5.81. The molecule has 1 aromatic heterocycles. The molecule has 1 fully saturated rings. The average Bonchev–Trinajstić information content (AvgIpc) is 2.95. The van der Waals surface area contributed by atoms with Crippen molar-refractivity contribution in [2.45, 2.75) is 19.8 Å². The Balaban J connectivity index is 1.88. The smallest absolute Gasteiger partial charge is 0.136 e. The first kappa shape index (κ1) is 13.4. The second-order valence-electron chi connectivity index (χ2n) is 4.96. The van der Waals surface area contributed by atoms with Crippen LogP contribution in [0.4, 0.5) is 17.3 Å². The number of anilines is 3. The lowest BCUT2D eigenvalue weighted by Gasteiger charge is -2.18. The summed E-state index contributed by atoms with van der Waals surface area (Å²) in [5, 5.41) is 3.35. The molecule has 0 spiro atoms. The SMILES string of the molecule is Cc1nc(Nc2ccccc2Br)cc(N2CCCC2)n1. The van der Waals surface area contributed by atoms with Crippen LogP contribution < -0.4 is 10.2 Å². The lowest BCUT2D eigenvalue weighted by Crippen LogP contribution is -2.19. The van der Waals surface area contributed by atoms with Gasteiger partial charge in [0.25, 0.3) is 0 Å². The van der Waals surface area contributed by atoms with E-state index in [9.17, 15) is 0 Å². The molecule has 0 unspecified atom stereocenters. The number of nitrogens with one attached hydrogen (secondary N) is 1. The van der Waals surface area contributed by atoms with Gasteiger partial charge in [0.2, 0.25) is 0 Å². The molecular weight excluding hydrogens is 316 g/mol. The zero-order valence-electron chi connectivity index (χ0n) is 11.4. The van der Waals surface area contributed by atoms with Crippen LogP contribution in [0.2, 0.25) is 0 Å². The molecule has 0 bridgehead atoms. The molecule has 5 heteroatoms. The molecule has 1 aromatic carbocycles. The van der Waals surface area contributed by atoms with Crippen LogP contribution in [-0.4, -0.2) is 23.1 Å². The summed E-state index contributed by atoms with van der Waals surface area (Å²) in [6.07, 6.45) is 2.49. The van der Waals surface area contributed by atoms with Crippen molar-refractivity contribution in [3.05, 3.63) is 40.6 Å². The first-order valence-corrected chi connectivity index (χ1v) is 7.64. The maximum atomic E-state index is 4.54. The largest absolute Gasteiger partial charge is 0.356 e. The molecule has 0 atom stereocenters. The fourth-order valence-corrected chi connectivity index (χ4v) is 2.81. The lowest BCUT2D eigenvalue weighted by molar-refractivity contribution is 0.912. The molecule has 0 radical (unpaired) electrons. The van der Waals surface area contributed by atoms with Gasteiger partial charge in [0.05, 0.1) is 5.69 Å². The summed E-state index contributed by atoms with van der Waals surface area (Å²) in [4.78, 5) is 11.3. The molecule has 0 amide bonds. The Labute approximate surface area is 127 Å². The molecule has 1 aliphatic heterocycles. The Morgan fingerprint density at radius 3 is 2.65 bits per heavy atom. The number of aryl methyl sites for hydroxylation is 1. The van der Waals surface area contributed by atoms with E-state index >= 15 is 0 Å². The number of hydrogen-bond donors (Lipinski definition) is 1. The predicted molar refractivity (Wildman–Crippen MR) is 85.6 cm³/mol. The van der Waals surface area contributed by atoms with Crippen molar-refractivity contribution in [2.75, 3.05) is 23.3 Å². The molecule has 4 nitrogen and oxygen atoms in total. The van der Waals surface area contributed by atoms with Crippen molar-refractivity contribution >= 4 is 33.3 Å². The fraction of sp³-hybridized carbons (Fsp3) is 0.333. The van der Waals surface area contributed by atoms with Gasteiger partial charge in [0.15, 0.2) is 0 Å². The van der Waals surface area contributed by atoms with E-state index in [1.165, 1.54) is 12.8 Å². The molecule has 0 aliphatic carbocycles. The Morgan fingerprint density at radius 2 is 1.90 bits per heavy atom. The number of hydrogen-bond acceptors (Lipinski definition) is 4. The Hall–Kier alpha value is -1.62. The number of nitrogens with zero attached hydrogens (tertiary/aromatic N) is 3. The Bertz CT molecular complexity index is 609. The predicted octanol–water partition coefficient (Wildman–Crippen LogP) is 3.89. The first-order chi connectivity index (χ1) is 9.72. The van der Waals surface area contributed by atoms with E-state index in [0.717, 1.165) is 40.7 Å². The number of benzene rings is 1. The quantitative estimate of drug-likeness (QED) is 0.925. The zero-order valence-corrected chi connectivity index (χ0v) is 13.0. The van der Waals surface area contributed by atoms with E-state index in [1.54, 1.807) is 0 Å². The minimum Gasteiger partial charge on any atom is -0.356 e. The van der Waals surface area contributed by atoms with Crippen LogP contribution in [0.25, 0.3) is 0 Å². The number of aromatic nitrogens is 2. The van der Waals surface area contributed by atoms with Gasteiger partial charge in [-0.05, 0) is 47.8 Å². The molecule has 3 rings (SSSR count). The molecule has 1 N–H and O–H groups in total. The maximum Gasteiger partial charge on any atom is 0.136 e. The van der Waals surface area contributed by atoms with Crippen LogP contribution in [0.15, 0.2) is 34.8 Å². The van der Waals surface area contributed by atoms with Gasteiger partial charge < -0.3 is 10.2 Å². The molecule has 2 aromatic rings.